The number of fused-ring (bicyclic) bond motifs is 1. The van der Waals surface area contributed by atoms with Gasteiger partial charge in [0, 0.05) is 6.04 Å². The van der Waals surface area contributed by atoms with Crippen LogP contribution in [0.15, 0.2) is 12.1 Å². The average molecular weight is 238 g/mol. The highest BCUT2D eigenvalue weighted by atomic mass is 16.7. The third kappa shape index (κ3) is 2.45. The van der Waals surface area contributed by atoms with Gasteiger partial charge < -0.3 is 25.7 Å². The van der Waals surface area contributed by atoms with Crippen LogP contribution < -0.4 is 25.7 Å². The molecule has 1 heterocycles. The number of nitrogens with two attached hydrogens (primary N) is 2. The molecule has 94 valence electrons. The van der Waals surface area contributed by atoms with Gasteiger partial charge in [-0.25, -0.2) is 0 Å². The normalized spacial score (nSPS) is 14.8. The Hall–Kier alpha value is -1.46. The molecule has 0 amide bonds. The summed E-state index contributed by atoms with van der Waals surface area (Å²) in [6.45, 7) is 0.878. The van der Waals surface area contributed by atoms with Crippen molar-refractivity contribution < 1.29 is 14.2 Å². The number of hydrogen-bond acceptors (Lipinski definition) is 5. The van der Waals surface area contributed by atoms with E-state index in [2.05, 4.69) is 0 Å². The summed E-state index contributed by atoms with van der Waals surface area (Å²) in [6, 6.07) is 3.75. The van der Waals surface area contributed by atoms with Gasteiger partial charge in [0.2, 0.25) is 12.5 Å². The Kier molecular flexibility index (Phi) is 3.71. The van der Waals surface area contributed by atoms with E-state index in [4.69, 9.17) is 25.7 Å². The summed E-state index contributed by atoms with van der Waals surface area (Å²) in [4.78, 5) is 0. The van der Waals surface area contributed by atoms with Gasteiger partial charge in [-0.05, 0) is 37.1 Å². The Morgan fingerprint density at radius 1 is 1.41 bits per heavy atom. The highest BCUT2D eigenvalue weighted by Gasteiger charge is 2.21. The van der Waals surface area contributed by atoms with Crippen LogP contribution in [-0.4, -0.2) is 20.4 Å². The van der Waals surface area contributed by atoms with Crippen LogP contribution in [0.25, 0.3) is 0 Å². The van der Waals surface area contributed by atoms with Crippen LogP contribution in [0, 0.1) is 0 Å². The third-order valence-corrected chi connectivity index (χ3v) is 2.83. The molecule has 0 saturated heterocycles. The van der Waals surface area contributed by atoms with Crippen molar-refractivity contribution >= 4 is 0 Å². The SMILES string of the molecule is COc1cc([C@@H](N)CCCN)cc2c1OCO2. The molecule has 0 spiro atoms. The van der Waals surface area contributed by atoms with Gasteiger partial charge in [0.25, 0.3) is 0 Å². The molecule has 17 heavy (non-hydrogen) atoms. The van der Waals surface area contributed by atoms with Gasteiger partial charge in [0.05, 0.1) is 7.11 Å². The van der Waals surface area contributed by atoms with Gasteiger partial charge in [-0.2, -0.15) is 0 Å². The van der Waals surface area contributed by atoms with Crippen molar-refractivity contribution in [2.75, 3.05) is 20.4 Å². The fourth-order valence-corrected chi connectivity index (χ4v) is 1.87. The topological polar surface area (TPSA) is 79.7 Å². The zero-order valence-corrected chi connectivity index (χ0v) is 9.94. The van der Waals surface area contributed by atoms with Crippen LogP contribution in [-0.2, 0) is 0 Å². The van der Waals surface area contributed by atoms with Crippen LogP contribution in [0.1, 0.15) is 24.4 Å². The summed E-state index contributed by atoms with van der Waals surface area (Å²) in [7, 11) is 1.60. The van der Waals surface area contributed by atoms with Gasteiger partial charge in [-0.3, -0.25) is 0 Å². The summed E-state index contributed by atoms with van der Waals surface area (Å²) in [5.74, 6) is 2.02. The molecule has 0 unspecified atom stereocenters. The molecule has 1 aliphatic rings. The van der Waals surface area contributed by atoms with Gasteiger partial charge in [0.15, 0.2) is 11.5 Å². The summed E-state index contributed by atoms with van der Waals surface area (Å²) in [5.41, 5.74) is 12.6. The van der Waals surface area contributed by atoms with Crippen molar-refractivity contribution in [2.24, 2.45) is 11.5 Å². The largest absolute Gasteiger partial charge is 0.493 e. The van der Waals surface area contributed by atoms with E-state index in [-0.39, 0.29) is 12.8 Å². The zero-order valence-electron chi connectivity index (χ0n) is 9.94. The zero-order chi connectivity index (χ0) is 12.3. The van der Waals surface area contributed by atoms with E-state index in [9.17, 15) is 0 Å². The molecule has 5 heteroatoms. The molecule has 1 aromatic carbocycles. The Labute approximate surface area is 101 Å². The average Bonchev–Trinajstić information content (AvgIpc) is 2.82. The minimum absolute atomic E-state index is 0.0538. The van der Waals surface area contributed by atoms with E-state index in [0.717, 1.165) is 18.4 Å². The maximum absolute atomic E-state index is 6.09. The Balaban J connectivity index is 2.23. The monoisotopic (exact) mass is 238 g/mol. The van der Waals surface area contributed by atoms with E-state index in [1.54, 1.807) is 7.11 Å². The second-order valence-electron chi connectivity index (χ2n) is 3.99. The number of benzene rings is 1. The maximum atomic E-state index is 6.09. The first kappa shape index (κ1) is 12.0. The molecule has 0 saturated carbocycles. The van der Waals surface area contributed by atoms with E-state index in [1.165, 1.54) is 0 Å². The molecule has 2 rings (SSSR count). The van der Waals surface area contributed by atoms with Gasteiger partial charge in [-0.1, -0.05) is 0 Å². The third-order valence-electron chi connectivity index (χ3n) is 2.83. The highest BCUT2D eigenvalue weighted by Crippen LogP contribution is 2.43. The van der Waals surface area contributed by atoms with Crippen LogP contribution in [0.3, 0.4) is 0 Å². The van der Waals surface area contributed by atoms with E-state index >= 15 is 0 Å². The highest BCUT2D eigenvalue weighted by molar-refractivity contribution is 5.55. The molecule has 0 radical (unpaired) electrons. The molecule has 0 bridgehead atoms. The fourth-order valence-electron chi connectivity index (χ4n) is 1.87. The lowest BCUT2D eigenvalue weighted by atomic mass is 10.0. The van der Waals surface area contributed by atoms with Crippen molar-refractivity contribution in [3.8, 4) is 17.2 Å². The molecule has 1 aromatic rings. The minimum Gasteiger partial charge on any atom is -0.493 e. The molecule has 0 aromatic heterocycles. The molecule has 5 nitrogen and oxygen atoms in total. The van der Waals surface area contributed by atoms with Gasteiger partial charge >= 0.3 is 0 Å². The smallest absolute Gasteiger partial charge is 0.231 e. The minimum atomic E-state index is -0.0538. The van der Waals surface area contributed by atoms with Crippen molar-refractivity contribution in [3.63, 3.8) is 0 Å². The summed E-state index contributed by atoms with van der Waals surface area (Å²) >= 11 is 0. The molecule has 4 N–H and O–H groups in total. The van der Waals surface area contributed by atoms with Crippen molar-refractivity contribution in [1.82, 2.24) is 0 Å². The maximum Gasteiger partial charge on any atom is 0.231 e. The quantitative estimate of drug-likeness (QED) is 0.804. The van der Waals surface area contributed by atoms with Crippen LogP contribution in [0.5, 0.6) is 17.2 Å². The number of rotatable bonds is 5. The first-order valence-electron chi connectivity index (χ1n) is 5.69. The summed E-state index contributed by atoms with van der Waals surface area (Å²) < 4.78 is 15.9. The van der Waals surface area contributed by atoms with Crippen LogP contribution in [0.2, 0.25) is 0 Å². The Bertz CT molecular complexity index is 396. The Morgan fingerprint density at radius 3 is 2.94 bits per heavy atom. The van der Waals surface area contributed by atoms with Crippen LogP contribution in [0.4, 0.5) is 0 Å². The Morgan fingerprint density at radius 2 is 2.24 bits per heavy atom. The number of ether oxygens (including phenoxy) is 3. The van der Waals surface area contributed by atoms with Gasteiger partial charge in [-0.15, -0.1) is 0 Å². The lowest BCUT2D eigenvalue weighted by Crippen LogP contribution is -2.12. The lowest BCUT2D eigenvalue weighted by molar-refractivity contribution is 0.171. The molecule has 1 atom stereocenters. The first-order chi connectivity index (χ1) is 8.26. The number of hydrogen-bond donors (Lipinski definition) is 2. The predicted molar refractivity (Wildman–Crippen MR) is 64.3 cm³/mol. The number of methoxy groups -OCH3 is 1. The molecule has 0 fully saturated rings. The molecule has 1 aliphatic heterocycles. The predicted octanol–water partition coefficient (Wildman–Crippen LogP) is 1.16. The van der Waals surface area contributed by atoms with Crippen molar-refractivity contribution in [3.05, 3.63) is 17.7 Å². The second-order valence-corrected chi connectivity index (χ2v) is 3.99. The van der Waals surface area contributed by atoms with Crippen molar-refractivity contribution in [2.45, 2.75) is 18.9 Å². The van der Waals surface area contributed by atoms with Crippen molar-refractivity contribution in [1.29, 1.82) is 0 Å². The van der Waals surface area contributed by atoms with Crippen LogP contribution >= 0.6 is 0 Å². The molecule has 0 aliphatic carbocycles. The molecular weight excluding hydrogens is 220 g/mol. The first-order valence-corrected chi connectivity index (χ1v) is 5.69. The standard InChI is InChI=1S/C12H18N2O3/c1-15-10-5-8(9(14)3-2-4-13)6-11-12(10)17-7-16-11/h5-6,9H,2-4,7,13-14H2,1H3/t9-/m0/s1. The molecular formula is C12H18N2O3. The summed E-state index contributed by atoms with van der Waals surface area (Å²) in [5, 5.41) is 0. The summed E-state index contributed by atoms with van der Waals surface area (Å²) in [6.07, 6.45) is 1.75. The fraction of sp³-hybridized carbons (Fsp3) is 0.500. The van der Waals surface area contributed by atoms with E-state index < -0.39 is 0 Å². The second kappa shape index (κ2) is 5.25. The lowest BCUT2D eigenvalue weighted by Gasteiger charge is -2.14. The van der Waals surface area contributed by atoms with E-state index in [0.29, 0.717) is 23.8 Å². The van der Waals surface area contributed by atoms with Gasteiger partial charge in [0.1, 0.15) is 0 Å². The van der Waals surface area contributed by atoms with E-state index in [1.807, 2.05) is 12.1 Å².